The van der Waals surface area contributed by atoms with E-state index in [-0.39, 0.29) is 11.8 Å². The molecule has 0 saturated carbocycles. The van der Waals surface area contributed by atoms with Gasteiger partial charge < -0.3 is 17.2 Å². The first-order valence-corrected chi connectivity index (χ1v) is 6.80. The Morgan fingerprint density at radius 2 is 1.77 bits per heavy atom. The zero-order valence-electron chi connectivity index (χ0n) is 13.2. The van der Waals surface area contributed by atoms with Gasteiger partial charge in [-0.05, 0) is 24.0 Å². The van der Waals surface area contributed by atoms with Crippen LogP contribution in [-0.4, -0.2) is 22.7 Å². The molecule has 122 valence electrons. The molecule has 0 radical (unpaired) electrons. The Bertz CT molecular complexity index is 509. The molecule has 1 unspecified atom stereocenters. The van der Waals surface area contributed by atoms with Gasteiger partial charge in [0.05, 0.1) is 5.56 Å². The number of nitrogens with zero attached hydrogens (tertiary/aromatic N) is 1. The predicted octanol–water partition coefficient (Wildman–Crippen LogP) is 0.580. The Morgan fingerprint density at radius 1 is 1.18 bits per heavy atom. The van der Waals surface area contributed by atoms with E-state index in [1.165, 1.54) is 6.20 Å². The average molecular weight is 308 g/mol. The monoisotopic (exact) mass is 308 g/mol. The van der Waals surface area contributed by atoms with Gasteiger partial charge in [-0.15, -0.1) is 0 Å². The fourth-order valence-electron chi connectivity index (χ4n) is 1.76. The van der Waals surface area contributed by atoms with E-state index in [4.69, 9.17) is 17.2 Å². The number of hydrogen-bond donors (Lipinski definition) is 3. The summed E-state index contributed by atoms with van der Waals surface area (Å²) in [6, 6.07) is 3.29. The van der Waals surface area contributed by atoms with Gasteiger partial charge in [0.2, 0.25) is 17.7 Å². The molecular weight excluding hydrogens is 284 g/mol. The van der Waals surface area contributed by atoms with Gasteiger partial charge in [-0.2, -0.15) is 0 Å². The van der Waals surface area contributed by atoms with Crippen molar-refractivity contribution in [1.29, 1.82) is 0 Å². The van der Waals surface area contributed by atoms with Crippen LogP contribution >= 0.6 is 0 Å². The van der Waals surface area contributed by atoms with Crippen LogP contribution in [0, 0.1) is 11.3 Å². The minimum Gasteiger partial charge on any atom is -0.370 e. The maximum absolute atomic E-state index is 10.9. The van der Waals surface area contributed by atoms with Crippen molar-refractivity contribution < 1.29 is 14.4 Å². The highest BCUT2D eigenvalue weighted by Crippen LogP contribution is 2.25. The molecule has 0 bridgehead atoms. The van der Waals surface area contributed by atoms with Crippen LogP contribution in [0.4, 0.5) is 0 Å². The number of carbonyl (C=O) groups excluding carboxylic acids is 3. The molecule has 1 rings (SSSR count). The normalized spacial score (nSPS) is 11.8. The van der Waals surface area contributed by atoms with Gasteiger partial charge >= 0.3 is 0 Å². The summed E-state index contributed by atoms with van der Waals surface area (Å²) in [4.78, 5) is 35.6. The van der Waals surface area contributed by atoms with E-state index in [9.17, 15) is 14.4 Å². The molecule has 0 aliphatic heterocycles. The number of carbonyl (C=O) groups is 3. The van der Waals surface area contributed by atoms with Gasteiger partial charge in [-0.25, -0.2) is 0 Å². The molecule has 1 heterocycles. The first-order valence-electron chi connectivity index (χ1n) is 6.80. The molecule has 0 aromatic carbocycles. The maximum Gasteiger partial charge on any atom is 0.250 e. The number of amides is 3. The summed E-state index contributed by atoms with van der Waals surface area (Å²) in [5, 5.41) is 0. The molecule has 0 aliphatic rings. The zero-order valence-corrected chi connectivity index (χ0v) is 13.2. The van der Waals surface area contributed by atoms with E-state index >= 15 is 0 Å². The largest absolute Gasteiger partial charge is 0.370 e. The zero-order chi connectivity index (χ0) is 17.3. The summed E-state index contributed by atoms with van der Waals surface area (Å²) >= 11 is 0. The molecule has 0 spiro atoms. The van der Waals surface area contributed by atoms with Crippen LogP contribution in [0.25, 0.3) is 0 Å². The number of rotatable bonds is 5. The van der Waals surface area contributed by atoms with Crippen molar-refractivity contribution in [2.75, 3.05) is 0 Å². The summed E-state index contributed by atoms with van der Waals surface area (Å²) in [5.41, 5.74) is 15.5. The number of pyridine rings is 1. The SMILES string of the molecule is CC(C)(C)CC(CC(N)=O)C(N)=O.NC(=O)c1cccnc1. The Labute approximate surface area is 130 Å². The van der Waals surface area contributed by atoms with E-state index in [0.717, 1.165) is 0 Å². The van der Waals surface area contributed by atoms with Crippen LogP contribution in [0.3, 0.4) is 0 Å². The lowest BCUT2D eigenvalue weighted by atomic mass is 9.83. The van der Waals surface area contributed by atoms with Crippen LogP contribution in [0.1, 0.15) is 44.0 Å². The third kappa shape index (κ3) is 9.46. The molecular formula is C15H24N4O3. The third-order valence-electron chi connectivity index (χ3n) is 2.65. The van der Waals surface area contributed by atoms with Gasteiger partial charge in [-0.3, -0.25) is 19.4 Å². The van der Waals surface area contributed by atoms with Crippen LogP contribution < -0.4 is 17.2 Å². The maximum atomic E-state index is 10.9. The molecule has 0 aliphatic carbocycles. The number of primary amides is 3. The van der Waals surface area contributed by atoms with Crippen molar-refractivity contribution in [3.63, 3.8) is 0 Å². The number of hydrogen-bond acceptors (Lipinski definition) is 4. The average Bonchev–Trinajstić information content (AvgIpc) is 2.37. The van der Waals surface area contributed by atoms with Gasteiger partial charge in [0, 0.05) is 24.7 Å². The molecule has 6 N–H and O–H groups in total. The topological polar surface area (TPSA) is 142 Å². The second kappa shape index (κ2) is 8.76. The van der Waals surface area contributed by atoms with Crippen molar-refractivity contribution in [3.05, 3.63) is 30.1 Å². The Balaban J connectivity index is 0.000000425. The Hall–Kier alpha value is -2.44. The standard InChI is InChI=1S/C9H18N2O2.C6H6N2O/c1-9(2,3)5-6(8(11)13)4-7(10)12;7-6(9)5-2-1-3-8-4-5/h6H,4-5H2,1-3H3,(H2,10,12)(H2,11,13);1-4H,(H2,7,9). The molecule has 1 atom stereocenters. The Morgan fingerprint density at radius 3 is 2.05 bits per heavy atom. The van der Waals surface area contributed by atoms with E-state index in [1.54, 1.807) is 18.3 Å². The fraction of sp³-hybridized carbons (Fsp3) is 0.467. The van der Waals surface area contributed by atoms with Crippen molar-refractivity contribution in [2.45, 2.75) is 33.6 Å². The van der Waals surface area contributed by atoms with Crippen molar-refractivity contribution >= 4 is 17.7 Å². The Kier molecular flexibility index (Phi) is 7.79. The molecule has 22 heavy (non-hydrogen) atoms. The van der Waals surface area contributed by atoms with Crippen molar-refractivity contribution in [2.24, 2.45) is 28.5 Å². The van der Waals surface area contributed by atoms with E-state index in [1.807, 2.05) is 20.8 Å². The third-order valence-corrected chi connectivity index (χ3v) is 2.65. The quantitative estimate of drug-likeness (QED) is 0.731. The van der Waals surface area contributed by atoms with Gasteiger partial charge in [0.1, 0.15) is 0 Å². The van der Waals surface area contributed by atoms with Crippen LogP contribution in [-0.2, 0) is 9.59 Å². The molecule has 1 aromatic heterocycles. The molecule has 7 heteroatoms. The molecule has 7 nitrogen and oxygen atoms in total. The van der Waals surface area contributed by atoms with Crippen LogP contribution in [0.2, 0.25) is 0 Å². The lowest BCUT2D eigenvalue weighted by Crippen LogP contribution is -2.31. The van der Waals surface area contributed by atoms with Crippen LogP contribution in [0.15, 0.2) is 24.5 Å². The molecule has 1 aromatic rings. The highest BCUT2D eigenvalue weighted by molar-refractivity contribution is 5.92. The smallest absolute Gasteiger partial charge is 0.250 e. The van der Waals surface area contributed by atoms with Gasteiger partial charge in [0.25, 0.3) is 0 Å². The number of nitrogens with two attached hydrogens (primary N) is 3. The van der Waals surface area contributed by atoms with Gasteiger partial charge in [-0.1, -0.05) is 20.8 Å². The second-order valence-electron chi connectivity index (χ2n) is 6.14. The van der Waals surface area contributed by atoms with E-state index < -0.39 is 23.6 Å². The number of aromatic nitrogens is 1. The lowest BCUT2D eigenvalue weighted by Gasteiger charge is -2.22. The molecule has 0 saturated heterocycles. The van der Waals surface area contributed by atoms with E-state index in [0.29, 0.717) is 12.0 Å². The fourth-order valence-corrected chi connectivity index (χ4v) is 1.76. The van der Waals surface area contributed by atoms with Crippen molar-refractivity contribution in [1.82, 2.24) is 4.98 Å². The molecule has 3 amide bonds. The second-order valence-corrected chi connectivity index (χ2v) is 6.14. The summed E-state index contributed by atoms with van der Waals surface area (Å²) in [7, 11) is 0. The predicted molar refractivity (Wildman–Crippen MR) is 83.3 cm³/mol. The molecule has 0 fully saturated rings. The van der Waals surface area contributed by atoms with Crippen molar-refractivity contribution in [3.8, 4) is 0 Å². The highest BCUT2D eigenvalue weighted by Gasteiger charge is 2.24. The lowest BCUT2D eigenvalue weighted by molar-refractivity contribution is -0.127. The van der Waals surface area contributed by atoms with Gasteiger partial charge in [0.15, 0.2) is 0 Å². The summed E-state index contributed by atoms with van der Waals surface area (Å²) in [6.45, 7) is 5.97. The first kappa shape index (κ1) is 19.6. The highest BCUT2D eigenvalue weighted by atomic mass is 16.2. The van der Waals surface area contributed by atoms with E-state index in [2.05, 4.69) is 4.98 Å². The summed E-state index contributed by atoms with van der Waals surface area (Å²) in [6.07, 6.45) is 3.66. The first-order chi connectivity index (χ1) is 10.0. The van der Waals surface area contributed by atoms with Crippen LogP contribution in [0.5, 0.6) is 0 Å². The minimum absolute atomic E-state index is 0.0187. The minimum atomic E-state index is -0.479. The summed E-state index contributed by atoms with van der Waals surface area (Å²) in [5.74, 6) is -1.80. The summed E-state index contributed by atoms with van der Waals surface area (Å²) < 4.78 is 0.